The molecule has 1 aliphatic heterocycles. The highest BCUT2D eigenvalue weighted by Crippen LogP contribution is 2.17. The summed E-state index contributed by atoms with van der Waals surface area (Å²) in [5.41, 5.74) is 0.715. The lowest BCUT2D eigenvalue weighted by Crippen LogP contribution is -2.43. The van der Waals surface area contributed by atoms with Crippen LogP contribution in [0, 0.1) is 0 Å². The molecule has 0 saturated carbocycles. The summed E-state index contributed by atoms with van der Waals surface area (Å²) in [4.78, 5) is 14.0. The molecule has 1 atom stereocenters. The number of nitrogens with two attached hydrogens (primary N) is 1. The fourth-order valence-electron chi connectivity index (χ4n) is 2.42. The Morgan fingerprint density at radius 2 is 1.95 bits per heavy atom. The molecule has 2 rings (SSSR count). The number of carbonyl (C=O) groups is 1. The predicted molar refractivity (Wildman–Crippen MR) is 80.2 cm³/mol. The number of rotatable bonds is 3. The third-order valence-electron chi connectivity index (χ3n) is 3.67. The second kappa shape index (κ2) is 6.44. The van der Waals surface area contributed by atoms with Gasteiger partial charge in [0.15, 0.2) is 0 Å². The van der Waals surface area contributed by atoms with Gasteiger partial charge >= 0.3 is 6.03 Å². The van der Waals surface area contributed by atoms with Gasteiger partial charge in [-0.2, -0.15) is 0 Å². The van der Waals surface area contributed by atoms with Crippen molar-refractivity contribution in [3.63, 3.8) is 0 Å². The van der Waals surface area contributed by atoms with Crippen LogP contribution in [0.15, 0.2) is 29.2 Å². The summed E-state index contributed by atoms with van der Waals surface area (Å²) in [7, 11) is -3.73. The van der Waals surface area contributed by atoms with Gasteiger partial charge in [0.1, 0.15) is 0 Å². The summed E-state index contributed by atoms with van der Waals surface area (Å²) in [6, 6.07) is 5.95. The Kier molecular flexibility index (Phi) is 4.84. The maximum absolute atomic E-state index is 12.1. The minimum absolute atomic E-state index is 0.0547. The lowest BCUT2D eigenvalue weighted by Gasteiger charge is -2.28. The van der Waals surface area contributed by atoms with Crippen LogP contribution in [0.2, 0.25) is 0 Å². The highest BCUT2D eigenvalue weighted by Gasteiger charge is 2.19. The van der Waals surface area contributed by atoms with Gasteiger partial charge in [-0.15, -0.1) is 0 Å². The second-order valence-corrected chi connectivity index (χ2v) is 6.90. The Labute approximate surface area is 125 Å². The number of urea groups is 1. The van der Waals surface area contributed by atoms with E-state index >= 15 is 0 Å². The van der Waals surface area contributed by atoms with Gasteiger partial charge in [-0.25, -0.2) is 18.4 Å². The molecule has 3 N–H and O–H groups in total. The fraction of sp³-hybridized carbons (Fsp3) is 0.500. The van der Waals surface area contributed by atoms with Crippen molar-refractivity contribution >= 4 is 16.1 Å². The van der Waals surface area contributed by atoms with Gasteiger partial charge in [0.25, 0.3) is 0 Å². The lowest BCUT2D eigenvalue weighted by molar-refractivity contribution is 0.183. The Morgan fingerprint density at radius 1 is 1.29 bits per heavy atom. The summed E-state index contributed by atoms with van der Waals surface area (Å²) in [5.74, 6) is 0. The SMILES string of the molecule is CC(NC(=O)N1CCCCC1)c1cccc(S(N)(=O)=O)c1. The van der Waals surface area contributed by atoms with Crippen molar-refractivity contribution in [2.75, 3.05) is 13.1 Å². The van der Waals surface area contributed by atoms with Crippen molar-refractivity contribution in [2.24, 2.45) is 5.14 Å². The first-order valence-electron chi connectivity index (χ1n) is 7.06. The van der Waals surface area contributed by atoms with Gasteiger partial charge in [0.2, 0.25) is 10.0 Å². The average Bonchev–Trinajstić information content (AvgIpc) is 2.47. The van der Waals surface area contributed by atoms with Crippen LogP contribution in [0.25, 0.3) is 0 Å². The lowest BCUT2D eigenvalue weighted by atomic mass is 10.1. The van der Waals surface area contributed by atoms with Crippen LogP contribution in [0.5, 0.6) is 0 Å². The summed E-state index contributed by atoms with van der Waals surface area (Å²) < 4.78 is 22.7. The highest BCUT2D eigenvalue weighted by molar-refractivity contribution is 7.89. The van der Waals surface area contributed by atoms with Gasteiger partial charge < -0.3 is 10.2 Å². The highest BCUT2D eigenvalue weighted by atomic mass is 32.2. The molecule has 1 fully saturated rings. The number of hydrogen-bond acceptors (Lipinski definition) is 3. The number of benzene rings is 1. The monoisotopic (exact) mass is 311 g/mol. The van der Waals surface area contributed by atoms with Crippen LogP contribution in [0.3, 0.4) is 0 Å². The zero-order valence-electron chi connectivity index (χ0n) is 12.1. The second-order valence-electron chi connectivity index (χ2n) is 5.34. The number of amides is 2. The van der Waals surface area contributed by atoms with E-state index in [1.165, 1.54) is 12.1 Å². The fourth-order valence-corrected chi connectivity index (χ4v) is 2.99. The number of nitrogens with one attached hydrogen (secondary N) is 1. The Bertz CT molecular complexity index is 610. The van der Waals surface area contributed by atoms with Crippen molar-refractivity contribution in [2.45, 2.75) is 37.1 Å². The van der Waals surface area contributed by atoms with E-state index in [-0.39, 0.29) is 17.0 Å². The molecule has 7 heteroatoms. The zero-order chi connectivity index (χ0) is 15.5. The smallest absolute Gasteiger partial charge is 0.317 e. The van der Waals surface area contributed by atoms with E-state index in [1.54, 1.807) is 17.0 Å². The Balaban J connectivity index is 2.06. The van der Waals surface area contributed by atoms with Crippen LogP contribution < -0.4 is 10.5 Å². The number of sulfonamides is 1. The van der Waals surface area contributed by atoms with Crippen molar-refractivity contribution in [1.82, 2.24) is 10.2 Å². The maximum Gasteiger partial charge on any atom is 0.317 e. The third-order valence-corrected chi connectivity index (χ3v) is 4.58. The van der Waals surface area contributed by atoms with Gasteiger partial charge in [-0.05, 0) is 43.9 Å². The number of carbonyl (C=O) groups excluding carboxylic acids is 1. The van der Waals surface area contributed by atoms with E-state index in [2.05, 4.69) is 5.32 Å². The number of hydrogen-bond donors (Lipinski definition) is 2. The summed E-state index contributed by atoms with van der Waals surface area (Å²) >= 11 is 0. The van der Waals surface area contributed by atoms with E-state index < -0.39 is 10.0 Å². The molecule has 1 aromatic carbocycles. The standard InChI is InChI=1S/C14H21N3O3S/c1-11(16-14(18)17-8-3-2-4-9-17)12-6-5-7-13(10-12)21(15,19)20/h5-7,10-11H,2-4,8-9H2,1H3,(H,16,18)(H2,15,19,20). The van der Waals surface area contributed by atoms with Crippen LogP contribution in [0.1, 0.15) is 37.8 Å². The first-order chi connectivity index (χ1) is 9.88. The van der Waals surface area contributed by atoms with E-state index in [1.807, 2.05) is 6.92 Å². The molecule has 2 amide bonds. The average molecular weight is 311 g/mol. The van der Waals surface area contributed by atoms with E-state index in [0.717, 1.165) is 32.4 Å². The molecule has 6 nitrogen and oxygen atoms in total. The molecule has 1 aliphatic rings. The van der Waals surface area contributed by atoms with Crippen molar-refractivity contribution in [3.8, 4) is 0 Å². The molecule has 1 heterocycles. The Morgan fingerprint density at radius 3 is 2.57 bits per heavy atom. The molecular weight excluding hydrogens is 290 g/mol. The van der Waals surface area contributed by atoms with Crippen LogP contribution in [-0.4, -0.2) is 32.4 Å². The quantitative estimate of drug-likeness (QED) is 0.888. The molecule has 0 spiro atoms. The number of primary sulfonamides is 1. The number of piperidine rings is 1. The third kappa shape index (κ3) is 4.18. The Hall–Kier alpha value is -1.60. The summed E-state index contributed by atoms with van der Waals surface area (Å²) in [6.45, 7) is 3.37. The molecular formula is C14H21N3O3S. The van der Waals surface area contributed by atoms with Gasteiger partial charge in [0.05, 0.1) is 10.9 Å². The van der Waals surface area contributed by atoms with Gasteiger partial charge in [-0.1, -0.05) is 12.1 Å². The zero-order valence-corrected chi connectivity index (χ0v) is 12.9. The largest absolute Gasteiger partial charge is 0.331 e. The first kappa shape index (κ1) is 15.8. The normalized spacial score (nSPS) is 17.3. The predicted octanol–water partition coefficient (Wildman–Crippen LogP) is 1.59. The van der Waals surface area contributed by atoms with Crippen molar-refractivity contribution < 1.29 is 13.2 Å². The number of nitrogens with zero attached hydrogens (tertiary/aromatic N) is 1. The molecule has 116 valence electrons. The van der Waals surface area contributed by atoms with Crippen molar-refractivity contribution in [1.29, 1.82) is 0 Å². The molecule has 1 unspecified atom stereocenters. The van der Waals surface area contributed by atoms with Crippen LogP contribution >= 0.6 is 0 Å². The molecule has 0 aliphatic carbocycles. The molecule has 0 aromatic heterocycles. The van der Waals surface area contributed by atoms with Gasteiger partial charge in [-0.3, -0.25) is 0 Å². The van der Waals surface area contributed by atoms with Crippen LogP contribution in [0.4, 0.5) is 4.79 Å². The van der Waals surface area contributed by atoms with E-state index in [9.17, 15) is 13.2 Å². The van der Waals surface area contributed by atoms with Crippen LogP contribution in [-0.2, 0) is 10.0 Å². The maximum atomic E-state index is 12.1. The molecule has 0 bridgehead atoms. The topological polar surface area (TPSA) is 92.5 Å². The summed E-state index contributed by atoms with van der Waals surface area (Å²) in [6.07, 6.45) is 3.22. The minimum Gasteiger partial charge on any atom is -0.331 e. The number of likely N-dealkylation sites (tertiary alicyclic amines) is 1. The molecule has 0 radical (unpaired) electrons. The summed E-state index contributed by atoms with van der Waals surface area (Å²) in [5, 5.41) is 8.02. The van der Waals surface area contributed by atoms with E-state index in [0.29, 0.717) is 5.56 Å². The van der Waals surface area contributed by atoms with Gasteiger partial charge in [0, 0.05) is 13.1 Å². The molecule has 1 aromatic rings. The molecule has 21 heavy (non-hydrogen) atoms. The first-order valence-corrected chi connectivity index (χ1v) is 8.61. The van der Waals surface area contributed by atoms with E-state index in [4.69, 9.17) is 5.14 Å². The molecule has 1 saturated heterocycles. The minimum atomic E-state index is -3.73. The van der Waals surface area contributed by atoms with Crippen molar-refractivity contribution in [3.05, 3.63) is 29.8 Å².